The number of amides is 1. The van der Waals surface area contributed by atoms with E-state index in [-0.39, 0.29) is 12.2 Å². The monoisotopic (exact) mass is 423 g/mol. The van der Waals surface area contributed by atoms with Crippen LogP contribution in [0, 0.1) is 19.7 Å². The van der Waals surface area contributed by atoms with E-state index >= 15 is 0 Å². The molecular weight excluding hydrogens is 405 g/mol. The van der Waals surface area contributed by atoms with Gasteiger partial charge in [-0.1, -0.05) is 18.2 Å². The summed E-state index contributed by atoms with van der Waals surface area (Å²) < 4.78 is 16.5. The van der Waals surface area contributed by atoms with Crippen molar-refractivity contribution in [1.82, 2.24) is 9.13 Å². The molecule has 0 aliphatic heterocycles. The molecule has 0 saturated heterocycles. The van der Waals surface area contributed by atoms with Crippen LogP contribution in [0.5, 0.6) is 0 Å². The first-order valence-corrected chi connectivity index (χ1v) is 10.1. The predicted molar refractivity (Wildman–Crippen MR) is 116 cm³/mol. The van der Waals surface area contributed by atoms with Crippen molar-refractivity contribution in [2.75, 3.05) is 5.32 Å². The molecular formula is C22H18FN3O3S. The number of nitrogens with one attached hydrogen (secondary N) is 1. The third-order valence-electron chi connectivity index (χ3n) is 4.95. The quantitative estimate of drug-likeness (QED) is 0.545. The lowest BCUT2D eigenvalue weighted by molar-refractivity contribution is -0.116. The number of anilines is 1. The van der Waals surface area contributed by atoms with E-state index in [1.165, 1.54) is 34.1 Å². The highest BCUT2D eigenvalue weighted by molar-refractivity contribution is 7.17. The Hall–Kier alpha value is -3.52. The molecule has 0 atom stereocenters. The minimum absolute atomic E-state index is 0.0274. The second-order valence-electron chi connectivity index (χ2n) is 6.94. The van der Waals surface area contributed by atoms with Crippen molar-refractivity contribution in [2.45, 2.75) is 20.4 Å². The fourth-order valence-electron chi connectivity index (χ4n) is 3.23. The average Bonchev–Trinajstić information content (AvgIpc) is 3.20. The van der Waals surface area contributed by atoms with Crippen molar-refractivity contribution in [3.63, 3.8) is 0 Å². The number of nitrogens with zero attached hydrogens (tertiary/aromatic N) is 2. The zero-order chi connectivity index (χ0) is 21.4. The highest BCUT2D eigenvalue weighted by Gasteiger charge is 2.18. The fourth-order valence-corrected chi connectivity index (χ4v) is 4.05. The van der Waals surface area contributed by atoms with E-state index in [1.807, 2.05) is 19.9 Å². The van der Waals surface area contributed by atoms with Crippen LogP contribution in [0.3, 0.4) is 0 Å². The van der Waals surface area contributed by atoms with E-state index in [0.717, 1.165) is 15.7 Å². The molecule has 0 spiro atoms. The molecule has 1 amide bonds. The molecule has 0 saturated carbocycles. The Bertz CT molecular complexity index is 1400. The minimum atomic E-state index is -0.627. The molecule has 0 unspecified atom stereocenters. The number of fused-ring (bicyclic) bond motifs is 1. The molecule has 6 nitrogen and oxygen atoms in total. The summed E-state index contributed by atoms with van der Waals surface area (Å²) in [5, 5.41) is 4.17. The number of thiophene rings is 1. The summed E-state index contributed by atoms with van der Waals surface area (Å²) in [6.45, 7) is 3.48. The van der Waals surface area contributed by atoms with Gasteiger partial charge in [0.1, 0.15) is 17.1 Å². The molecule has 0 aliphatic carbocycles. The van der Waals surface area contributed by atoms with Crippen molar-refractivity contribution in [2.24, 2.45) is 0 Å². The van der Waals surface area contributed by atoms with Gasteiger partial charge in [-0.3, -0.25) is 14.2 Å². The number of hydrogen-bond donors (Lipinski definition) is 1. The molecule has 2 aromatic carbocycles. The molecule has 0 fully saturated rings. The van der Waals surface area contributed by atoms with Gasteiger partial charge in [0.15, 0.2) is 0 Å². The molecule has 4 rings (SSSR count). The van der Waals surface area contributed by atoms with E-state index in [4.69, 9.17) is 0 Å². The number of carbonyl (C=O) groups excluding carboxylic acids is 1. The van der Waals surface area contributed by atoms with Gasteiger partial charge < -0.3 is 5.32 Å². The van der Waals surface area contributed by atoms with Gasteiger partial charge in [0.05, 0.1) is 16.9 Å². The van der Waals surface area contributed by atoms with Gasteiger partial charge in [0.2, 0.25) is 5.91 Å². The topological polar surface area (TPSA) is 73.1 Å². The lowest BCUT2D eigenvalue weighted by Gasteiger charge is -2.13. The van der Waals surface area contributed by atoms with Crippen LogP contribution >= 0.6 is 11.3 Å². The number of hydrogen-bond acceptors (Lipinski definition) is 4. The second-order valence-corrected chi connectivity index (χ2v) is 7.86. The molecule has 1 N–H and O–H groups in total. The molecule has 30 heavy (non-hydrogen) atoms. The number of aryl methyl sites for hydroxylation is 2. The van der Waals surface area contributed by atoms with E-state index in [2.05, 4.69) is 5.32 Å². The van der Waals surface area contributed by atoms with Gasteiger partial charge in [-0.15, -0.1) is 11.3 Å². The number of para-hydroxylation sites is 1. The number of rotatable bonds is 4. The average molecular weight is 423 g/mol. The van der Waals surface area contributed by atoms with Crippen LogP contribution < -0.4 is 16.6 Å². The van der Waals surface area contributed by atoms with E-state index < -0.39 is 23.0 Å². The van der Waals surface area contributed by atoms with E-state index in [9.17, 15) is 18.8 Å². The van der Waals surface area contributed by atoms with Gasteiger partial charge in [-0.2, -0.15) is 0 Å². The number of benzene rings is 2. The van der Waals surface area contributed by atoms with E-state index in [0.29, 0.717) is 15.9 Å². The Labute approximate surface area is 174 Å². The van der Waals surface area contributed by atoms with Crippen molar-refractivity contribution < 1.29 is 9.18 Å². The zero-order valence-corrected chi connectivity index (χ0v) is 17.1. The van der Waals surface area contributed by atoms with Crippen LogP contribution in [0.2, 0.25) is 0 Å². The number of halogens is 1. The highest BCUT2D eigenvalue weighted by atomic mass is 32.1. The van der Waals surface area contributed by atoms with Crippen LogP contribution in [0.1, 0.15) is 11.1 Å². The molecule has 2 heterocycles. The molecule has 0 radical (unpaired) electrons. The van der Waals surface area contributed by atoms with Gasteiger partial charge in [-0.05, 0) is 60.7 Å². The van der Waals surface area contributed by atoms with Gasteiger partial charge >= 0.3 is 5.69 Å². The molecule has 8 heteroatoms. The normalized spacial score (nSPS) is 11.0. The summed E-state index contributed by atoms with van der Waals surface area (Å²) in [6.07, 6.45) is 0. The lowest BCUT2D eigenvalue weighted by Crippen LogP contribution is -2.40. The van der Waals surface area contributed by atoms with Gasteiger partial charge in [0, 0.05) is 0 Å². The highest BCUT2D eigenvalue weighted by Crippen LogP contribution is 2.18. The predicted octanol–water partition coefficient (Wildman–Crippen LogP) is 3.61. The summed E-state index contributed by atoms with van der Waals surface area (Å²) in [4.78, 5) is 38.8. The summed E-state index contributed by atoms with van der Waals surface area (Å²) in [5.41, 5.74) is 1.75. The Morgan fingerprint density at radius 3 is 2.57 bits per heavy atom. The van der Waals surface area contributed by atoms with Gasteiger partial charge in [-0.25, -0.2) is 13.8 Å². The van der Waals surface area contributed by atoms with Crippen molar-refractivity contribution in [3.05, 3.63) is 91.7 Å². The fraction of sp³-hybridized carbons (Fsp3) is 0.136. The zero-order valence-electron chi connectivity index (χ0n) is 16.3. The standard InChI is InChI=1S/C22H18FN3O3S/c1-13-7-8-15(11-14(13)2)26-21(28)20-18(9-10-30-20)25(22(26)29)12-19(27)24-17-6-4-3-5-16(17)23/h3-11H,12H2,1-2H3,(H,24,27). The SMILES string of the molecule is Cc1ccc(-n2c(=O)c3sccc3n(CC(=O)Nc3ccccc3F)c2=O)cc1C. The Kier molecular flexibility index (Phi) is 5.09. The molecule has 0 aliphatic rings. The molecule has 4 aromatic rings. The first-order chi connectivity index (χ1) is 14.4. The Balaban J connectivity index is 1.82. The number of aromatic nitrogens is 2. The molecule has 152 valence electrons. The van der Waals surface area contributed by atoms with Crippen LogP contribution in [0.25, 0.3) is 15.9 Å². The maximum atomic E-state index is 13.9. The Morgan fingerprint density at radius 1 is 1.07 bits per heavy atom. The largest absolute Gasteiger partial charge is 0.336 e. The second kappa shape index (κ2) is 7.72. The first-order valence-electron chi connectivity index (χ1n) is 9.22. The summed E-state index contributed by atoms with van der Waals surface area (Å²) in [5.74, 6) is -1.14. The molecule has 0 bridgehead atoms. The number of carbonyl (C=O) groups is 1. The van der Waals surface area contributed by atoms with E-state index in [1.54, 1.807) is 29.6 Å². The van der Waals surface area contributed by atoms with Crippen LogP contribution in [0.15, 0.2) is 63.5 Å². The smallest absolute Gasteiger partial charge is 0.322 e. The summed E-state index contributed by atoms with van der Waals surface area (Å²) >= 11 is 1.20. The van der Waals surface area contributed by atoms with Crippen molar-refractivity contribution >= 4 is 33.1 Å². The Morgan fingerprint density at radius 2 is 1.83 bits per heavy atom. The maximum Gasteiger partial charge on any atom is 0.336 e. The first kappa shape index (κ1) is 19.8. The van der Waals surface area contributed by atoms with Crippen molar-refractivity contribution in [3.8, 4) is 5.69 Å². The molecule has 2 aromatic heterocycles. The van der Waals surface area contributed by atoms with Gasteiger partial charge in [0.25, 0.3) is 5.56 Å². The summed E-state index contributed by atoms with van der Waals surface area (Å²) in [6, 6.07) is 12.7. The van der Waals surface area contributed by atoms with Crippen LogP contribution in [-0.4, -0.2) is 15.0 Å². The lowest BCUT2D eigenvalue weighted by atomic mass is 10.1. The van der Waals surface area contributed by atoms with Crippen molar-refractivity contribution in [1.29, 1.82) is 0 Å². The third kappa shape index (κ3) is 3.46. The summed E-state index contributed by atoms with van der Waals surface area (Å²) in [7, 11) is 0. The van der Waals surface area contributed by atoms with Crippen LogP contribution in [0.4, 0.5) is 10.1 Å². The third-order valence-corrected chi connectivity index (χ3v) is 5.84. The van der Waals surface area contributed by atoms with Crippen LogP contribution in [-0.2, 0) is 11.3 Å². The maximum absolute atomic E-state index is 13.9. The minimum Gasteiger partial charge on any atom is -0.322 e.